The van der Waals surface area contributed by atoms with Crippen molar-refractivity contribution < 1.29 is 34.8 Å². The number of hydrogen-bond donors (Lipinski definition) is 5. The van der Waals surface area contributed by atoms with Crippen molar-refractivity contribution >= 4 is 45.8 Å². The fourth-order valence-electron chi connectivity index (χ4n) is 5.03. The van der Waals surface area contributed by atoms with E-state index in [4.69, 9.17) is 5.73 Å². The first kappa shape index (κ1) is 21.6. The lowest BCUT2D eigenvalue weighted by molar-refractivity contribution is -0.144. The van der Waals surface area contributed by atoms with Crippen LogP contribution in [0.2, 0.25) is 0 Å². The molecule has 0 heterocycles. The number of nitrogens with two attached hydrogens (primary N) is 1. The number of fused-ring (bicyclic) bond motifs is 3. The molecule has 3 aliphatic rings. The highest BCUT2D eigenvalue weighted by Crippen LogP contribution is 2.52. The van der Waals surface area contributed by atoms with Crippen LogP contribution in [0.25, 0.3) is 0 Å². The van der Waals surface area contributed by atoms with Crippen LogP contribution in [0.15, 0.2) is 28.7 Å². The van der Waals surface area contributed by atoms with Crippen LogP contribution in [0.4, 0.5) is 5.69 Å². The summed E-state index contributed by atoms with van der Waals surface area (Å²) in [5.74, 6) is -6.22. The van der Waals surface area contributed by atoms with Gasteiger partial charge in [-0.25, -0.2) is 0 Å². The third-order valence-electron chi connectivity index (χ3n) is 6.47. The van der Waals surface area contributed by atoms with E-state index in [2.05, 4.69) is 0 Å². The molecule has 0 fully saturated rings. The topological polar surface area (TPSA) is 161 Å². The van der Waals surface area contributed by atoms with Gasteiger partial charge in [-0.15, -0.1) is 0 Å². The van der Waals surface area contributed by atoms with Gasteiger partial charge in [0, 0.05) is 37.7 Å². The second-order valence-corrected chi connectivity index (χ2v) is 9.55. The molecule has 1 aromatic carbocycles. The minimum absolute atomic E-state index is 0.0206. The number of aromatic hydroxyl groups is 1. The highest BCUT2D eigenvalue weighted by Gasteiger charge is 2.59. The summed E-state index contributed by atoms with van der Waals surface area (Å²) in [6.45, 7) is 0. The number of carbonyl (C=O) groups is 3. The van der Waals surface area contributed by atoms with Crippen LogP contribution in [0.5, 0.6) is 5.75 Å². The lowest BCUT2D eigenvalue weighted by atomic mass is 9.60. The Kier molecular flexibility index (Phi) is 4.85. The van der Waals surface area contributed by atoms with E-state index in [9.17, 15) is 34.8 Å². The summed E-state index contributed by atoms with van der Waals surface area (Å²) >= 11 is 1.90. The molecule has 164 valence electrons. The van der Waals surface area contributed by atoms with Gasteiger partial charge in [0.25, 0.3) is 5.91 Å². The number of phenolic OH excluding ortho intramolecular Hbond substituents is 1. The minimum Gasteiger partial charge on any atom is -0.511 e. The molecule has 4 rings (SSSR count). The van der Waals surface area contributed by atoms with Gasteiger partial charge >= 0.3 is 0 Å². The number of phenols is 1. The van der Waals surface area contributed by atoms with Gasteiger partial charge in [0.15, 0.2) is 11.4 Å². The molecule has 0 saturated heterocycles. The SMILES string of the molecule is CN(C)c1cc(I)c(O)c2c1CC1C[C@H]3CC(O)=C(C(N)=O)C(=O)[C@@]3(O)C(O)=C1C2=O. The van der Waals surface area contributed by atoms with Crippen molar-refractivity contribution in [2.24, 2.45) is 17.6 Å². The summed E-state index contributed by atoms with van der Waals surface area (Å²) in [5, 5.41) is 43.0. The van der Waals surface area contributed by atoms with Gasteiger partial charge in [0.2, 0.25) is 5.78 Å². The third-order valence-corrected chi connectivity index (χ3v) is 7.30. The van der Waals surface area contributed by atoms with Crippen LogP contribution in [0, 0.1) is 15.4 Å². The number of amides is 1. The molecule has 0 aliphatic heterocycles. The molecule has 1 aromatic rings. The normalized spacial score (nSPS) is 27.6. The average Bonchev–Trinajstić information content (AvgIpc) is 2.66. The van der Waals surface area contributed by atoms with E-state index < -0.39 is 52.0 Å². The first-order valence-corrected chi connectivity index (χ1v) is 10.7. The number of primary amides is 1. The summed E-state index contributed by atoms with van der Waals surface area (Å²) in [6.07, 6.45) is 0.156. The van der Waals surface area contributed by atoms with Crippen molar-refractivity contribution in [2.45, 2.75) is 24.9 Å². The van der Waals surface area contributed by atoms with Crippen molar-refractivity contribution in [3.63, 3.8) is 0 Å². The lowest BCUT2D eigenvalue weighted by Gasteiger charge is -2.45. The number of allylic oxidation sites excluding steroid dienone is 2. The number of rotatable bonds is 2. The van der Waals surface area contributed by atoms with Crippen molar-refractivity contribution in [3.05, 3.63) is 43.4 Å². The molecule has 0 radical (unpaired) electrons. The van der Waals surface area contributed by atoms with Gasteiger partial charge in [-0.1, -0.05) is 0 Å². The van der Waals surface area contributed by atoms with Crippen LogP contribution in [0.1, 0.15) is 28.8 Å². The Labute approximate surface area is 191 Å². The van der Waals surface area contributed by atoms with Gasteiger partial charge in [-0.3, -0.25) is 14.4 Å². The van der Waals surface area contributed by atoms with E-state index in [1.807, 2.05) is 41.6 Å². The lowest BCUT2D eigenvalue weighted by Crippen LogP contribution is -2.57. The number of Topliss-reactive ketones (excluding diaryl/α,β-unsaturated/α-hetero) is 2. The minimum atomic E-state index is -2.54. The number of ketones is 2. The van der Waals surface area contributed by atoms with E-state index >= 15 is 0 Å². The maximum atomic E-state index is 13.4. The molecular formula is C21H21IN2O7. The summed E-state index contributed by atoms with van der Waals surface area (Å²) in [7, 11) is 3.62. The monoisotopic (exact) mass is 540 g/mol. The van der Waals surface area contributed by atoms with E-state index in [0.717, 1.165) is 5.69 Å². The predicted octanol–water partition coefficient (Wildman–Crippen LogP) is 1.25. The molecule has 1 amide bonds. The number of hydrogen-bond acceptors (Lipinski definition) is 8. The highest BCUT2D eigenvalue weighted by molar-refractivity contribution is 14.1. The van der Waals surface area contributed by atoms with Crippen LogP contribution >= 0.6 is 22.6 Å². The van der Waals surface area contributed by atoms with Crippen LogP contribution in [-0.2, 0) is 16.0 Å². The Morgan fingerprint density at radius 1 is 1.23 bits per heavy atom. The smallest absolute Gasteiger partial charge is 0.255 e. The number of benzene rings is 1. The number of aliphatic hydroxyl groups excluding tert-OH is 2. The van der Waals surface area contributed by atoms with E-state index in [1.165, 1.54) is 0 Å². The fourth-order valence-corrected chi connectivity index (χ4v) is 5.60. The quantitative estimate of drug-likeness (QED) is 0.277. The molecule has 3 atom stereocenters. The van der Waals surface area contributed by atoms with Crippen molar-refractivity contribution in [3.8, 4) is 5.75 Å². The molecule has 3 aliphatic carbocycles. The average molecular weight is 540 g/mol. The molecule has 0 saturated carbocycles. The standard InChI is InChI=1S/C21H21IN2O7/c1-24(2)11-6-10(22)16(26)14-9(11)4-7-3-8-5-12(25)15(20(23)30)19(29)21(8,31)18(28)13(7)17(14)27/h6-8,25-26,28,31H,3-5H2,1-2H3,(H2,23,30)/t7?,8-,21-/m0/s1. The van der Waals surface area contributed by atoms with Gasteiger partial charge in [0.1, 0.15) is 22.8 Å². The molecule has 10 heteroatoms. The molecule has 1 unspecified atom stereocenters. The Morgan fingerprint density at radius 2 is 1.87 bits per heavy atom. The molecule has 0 aromatic heterocycles. The Balaban J connectivity index is 1.94. The molecule has 0 bridgehead atoms. The fraction of sp³-hybridized carbons (Fsp3) is 0.381. The largest absolute Gasteiger partial charge is 0.511 e. The van der Waals surface area contributed by atoms with E-state index in [1.54, 1.807) is 6.07 Å². The van der Waals surface area contributed by atoms with Gasteiger partial charge in [-0.05, 0) is 53.0 Å². The second-order valence-electron chi connectivity index (χ2n) is 8.38. The van der Waals surface area contributed by atoms with Crippen molar-refractivity contribution in [1.29, 1.82) is 0 Å². The number of carbonyl (C=O) groups excluding carboxylic acids is 3. The molecule has 9 nitrogen and oxygen atoms in total. The zero-order valence-corrected chi connectivity index (χ0v) is 18.9. The number of nitrogens with zero attached hydrogens (tertiary/aromatic N) is 1. The van der Waals surface area contributed by atoms with Gasteiger partial charge in [0.05, 0.1) is 9.13 Å². The zero-order chi connectivity index (χ0) is 23.0. The molecule has 0 spiro atoms. The van der Waals surface area contributed by atoms with Crippen LogP contribution in [-0.4, -0.2) is 57.6 Å². The van der Waals surface area contributed by atoms with Crippen LogP contribution in [0.3, 0.4) is 0 Å². The maximum Gasteiger partial charge on any atom is 0.255 e. The van der Waals surface area contributed by atoms with E-state index in [-0.39, 0.29) is 36.1 Å². The Bertz CT molecular complexity index is 1140. The number of halogens is 1. The van der Waals surface area contributed by atoms with Crippen molar-refractivity contribution in [1.82, 2.24) is 0 Å². The molecular weight excluding hydrogens is 519 g/mol. The van der Waals surface area contributed by atoms with Crippen molar-refractivity contribution in [2.75, 3.05) is 19.0 Å². The third kappa shape index (κ3) is 2.80. The number of aliphatic hydroxyl groups is 3. The summed E-state index contributed by atoms with van der Waals surface area (Å²) in [5.41, 5.74) is 3.07. The summed E-state index contributed by atoms with van der Waals surface area (Å²) in [6, 6.07) is 1.76. The van der Waals surface area contributed by atoms with Gasteiger partial charge < -0.3 is 31.1 Å². The second kappa shape index (κ2) is 6.95. The molecule has 6 N–H and O–H groups in total. The zero-order valence-electron chi connectivity index (χ0n) is 16.8. The summed E-state index contributed by atoms with van der Waals surface area (Å²) in [4.78, 5) is 39.8. The van der Waals surface area contributed by atoms with Gasteiger partial charge in [-0.2, -0.15) is 0 Å². The molecule has 31 heavy (non-hydrogen) atoms. The first-order chi connectivity index (χ1) is 14.4. The number of anilines is 1. The Morgan fingerprint density at radius 3 is 2.45 bits per heavy atom. The first-order valence-electron chi connectivity index (χ1n) is 9.60. The Hall–Kier alpha value is -2.60. The summed E-state index contributed by atoms with van der Waals surface area (Å²) < 4.78 is 0.442. The van der Waals surface area contributed by atoms with E-state index in [0.29, 0.717) is 9.13 Å². The van der Waals surface area contributed by atoms with Crippen LogP contribution < -0.4 is 10.6 Å². The maximum absolute atomic E-state index is 13.4. The predicted molar refractivity (Wildman–Crippen MR) is 118 cm³/mol. The highest BCUT2D eigenvalue weighted by atomic mass is 127.